The summed E-state index contributed by atoms with van der Waals surface area (Å²) in [5.41, 5.74) is 0. The minimum atomic E-state index is -2.00. The Balaban J connectivity index is -0.00000102. The topological polar surface area (TPSA) is 34.1 Å². The summed E-state index contributed by atoms with van der Waals surface area (Å²) in [6.07, 6.45) is 20.4. The van der Waals surface area contributed by atoms with Crippen LogP contribution in [0.1, 0.15) is 96.8 Å². The first-order valence-electron chi connectivity index (χ1n) is 9.77. The van der Waals surface area contributed by atoms with Crippen LogP contribution in [0.2, 0.25) is 0 Å². The molecule has 0 aromatic heterocycles. The van der Waals surface area contributed by atoms with E-state index in [4.69, 9.17) is 6.65 Å². The van der Waals surface area contributed by atoms with Gasteiger partial charge in [0.2, 0.25) is 0 Å². The van der Waals surface area contributed by atoms with Crippen molar-refractivity contribution >= 4 is 0 Å². The average molecular weight is 444 g/mol. The molecule has 146 valence electrons. The molecule has 0 saturated heterocycles. The zero-order chi connectivity index (χ0) is 17.8. The standard InChI is InChI=1S/C19H42N.BrH.2O.Ti/c1-5-6-7-8-9-10-11-12-13-14-15-16-17-18-19-20(2,3)4;;;;/h5-19H2,1-4H3;1H;;;/q+1;;;;/p-1. The van der Waals surface area contributed by atoms with Gasteiger partial charge in [-0.15, -0.1) is 0 Å². The van der Waals surface area contributed by atoms with Gasteiger partial charge >= 0.3 is 25.7 Å². The number of quaternary nitrogens is 1. The molecule has 0 rings (SSSR count). The van der Waals surface area contributed by atoms with Crippen LogP contribution in [-0.2, 0) is 25.7 Å². The van der Waals surface area contributed by atoms with Gasteiger partial charge in [-0.2, -0.15) is 0 Å². The van der Waals surface area contributed by atoms with E-state index in [0.717, 1.165) is 4.48 Å². The van der Waals surface area contributed by atoms with E-state index in [0.29, 0.717) is 0 Å². The zero-order valence-electron chi connectivity index (χ0n) is 16.7. The van der Waals surface area contributed by atoms with Crippen molar-refractivity contribution in [3.8, 4) is 0 Å². The molecule has 0 fully saturated rings. The molecule has 0 aromatic rings. The summed E-state index contributed by atoms with van der Waals surface area (Å²) in [6.45, 7) is 3.63. The van der Waals surface area contributed by atoms with E-state index >= 15 is 0 Å². The van der Waals surface area contributed by atoms with Crippen molar-refractivity contribution in [2.45, 2.75) is 96.8 Å². The van der Waals surface area contributed by atoms with E-state index in [9.17, 15) is 0 Å². The van der Waals surface area contributed by atoms with Gasteiger partial charge in [0.15, 0.2) is 0 Å². The number of rotatable bonds is 15. The van der Waals surface area contributed by atoms with Crippen molar-refractivity contribution in [2.24, 2.45) is 0 Å². The fraction of sp³-hybridized carbons (Fsp3) is 1.00. The first-order valence-corrected chi connectivity index (χ1v) is 11.0. The summed E-state index contributed by atoms with van der Waals surface area (Å²) in [7, 11) is 6.88. The second-order valence-corrected chi connectivity index (χ2v) is 7.95. The molecule has 24 heavy (non-hydrogen) atoms. The summed E-state index contributed by atoms with van der Waals surface area (Å²) in [5.74, 6) is 0. The third kappa shape index (κ3) is 34.2. The van der Waals surface area contributed by atoms with Crippen LogP contribution in [0.3, 0.4) is 0 Å². The van der Waals surface area contributed by atoms with E-state index in [1.54, 1.807) is 0 Å². The SMILES string of the molecule is CCCCCCCCCCCCCCCC[N+](C)(C)C.[Br-].[O]=[Ti]=[O]. The molecule has 0 aliphatic heterocycles. The van der Waals surface area contributed by atoms with Crippen molar-refractivity contribution in [1.29, 1.82) is 0 Å². The molecule has 0 saturated carbocycles. The Morgan fingerprint density at radius 1 is 0.583 bits per heavy atom. The molecule has 0 aromatic carbocycles. The predicted octanol–water partition coefficient (Wildman–Crippen LogP) is 2.94. The molecule has 0 amide bonds. The average Bonchev–Trinajstić information content (AvgIpc) is 2.47. The van der Waals surface area contributed by atoms with E-state index in [1.807, 2.05) is 0 Å². The molecular weight excluding hydrogens is 402 g/mol. The molecular formula is C19H42BrNO2Ti. The van der Waals surface area contributed by atoms with Crippen molar-refractivity contribution in [1.82, 2.24) is 0 Å². The Morgan fingerprint density at radius 3 is 1.08 bits per heavy atom. The molecule has 0 atom stereocenters. The number of nitrogens with zero attached hydrogens (tertiary/aromatic N) is 1. The van der Waals surface area contributed by atoms with Crippen LogP contribution in [-0.4, -0.2) is 32.2 Å². The maximum absolute atomic E-state index is 8.50. The second-order valence-electron chi connectivity index (χ2n) is 7.69. The van der Waals surface area contributed by atoms with Crippen molar-refractivity contribution in [3.63, 3.8) is 0 Å². The number of hydrogen-bond acceptors (Lipinski definition) is 2. The Morgan fingerprint density at radius 2 is 0.833 bits per heavy atom. The fourth-order valence-corrected chi connectivity index (χ4v) is 2.78. The number of halogens is 1. The molecule has 5 heteroatoms. The summed E-state index contributed by atoms with van der Waals surface area (Å²) >= 11 is -2.00. The van der Waals surface area contributed by atoms with Crippen LogP contribution < -0.4 is 17.0 Å². The summed E-state index contributed by atoms with van der Waals surface area (Å²) in [5, 5.41) is 0. The van der Waals surface area contributed by atoms with Gasteiger partial charge in [-0.1, -0.05) is 84.0 Å². The van der Waals surface area contributed by atoms with Crippen LogP contribution in [0.4, 0.5) is 0 Å². The Kier molecular flexibility index (Phi) is 29.2. The molecule has 0 aliphatic carbocycles. The first-order chi connectivity index (χ1) is 11.0. The zero-order valence-corrected chi connectivity index (χ0v) is 19.9. The maximum atomic E-state index is 8.50. The van der Waals surface area contributed by atoms with E-state index < -0.39 is 19.1 Å². The van der Waals surface area contributed by atoms with Crippen LogP contribution in [0, 0.1) is 0 Å². The molecule has 0 radical (unpaired) electrons. The van der Waals surface area contributed by atoms with Gasteiger partial charge in [0.1, 0.15) is 0 Å². The summed E-state index contributed by atoms with van der Waals surface area (Å²) < 4.78 is 18.1. The minimum absolute atomic E-state index is 0. The first kappa shape index (κ1) is 29.5. The van der Waals surface area contributed by atoms with Crippen molar-refractivity contribution in [2.75, 3.05) is 27.7 Å². The molecule has 0 unspecified atom stereocenters. The van der Waals surface area contributed by atoms with E-state index in [1.165, 1.54) is 96.4 Å². The van der Waals surface area contributed by atoms with Gasteiger partial charge < -0.3 is 21.5 Å². The quantitative estimate of drug-likeness (QED) is 0.221. The third-order valence-electron chi connectivity index (χ3n) is 4.18. The normalized spacial score (nSPS) is 10.3. The van der Waals surface area contributed by atoms with E-state index in [2.05, 4.69) is 28.1 Å². The molecule has 0 heterocycles. The Hall–Kier alpha value is 0.754. The van der Waals surface area contributed by atoms with Gasteiger partial charge in [0, 0.05) is 0 Å². The predicted molar refractivity (Wildman–Crippen MR) is 94.6 cm³/mol. The Labute approximate surface area is 171 Å². The Bertz CT molecular complexity index is 265. The second kappa shape index (κ2) is 23.8. The van der Waals surface area contributed by atoms with Crippen LogP contribution >= 0.6 is 0 Å². The molecule has 0 aliphatic rings. The van der Waals surface area contributed by atoms with E-state index in [-0.39, 0.29) is 17.0 Å². The number of hydrogen-bond donors (Lipinski definition) is 0. The summed E-state index contributed by atoms with van der Waals surface area (Å²) in [6, 6.07) is 0. The van der Waals surface area contributed by atoms with Crippen molar-refractivity contribution in [3.05, 3.63) is 0 Å². The summed E-state index contributed by atoms with van der Waals surface area (Å²) in [4.78, 5) is 0. The van der Waals surface area contributed by atoms with Crippen LogP contribution in [0.5, 0.6) is 0 Å². The monoisotopic (exact) mass is 443 g/mol. The van der Waals surface area contributed by atoms with Crippen molar-refractivity contribution < 1.29 is 47.2 Å². The third-order valence-corrected chi connectivity index (χ3v) is 4.18. The van der Waals surface area contributed by atoms with Gasteiger partial charge in [-0.3, -0.25) is 0 Å². The fourth-order valence-electron chi connectivity index (χ4n) is 2.78. The van der Waals surface area contributed by atoms with Gasteiger partial charge in [0.25, 0.3) is 0 Å². The molecule has 0 spiro atoms. The molecule has 0 N–H and O–H groups in total. The molecule has 3 nitrogen and oxygen atoms in total. The van der Waals surface area contributed by atoms with Gasteiger partial charge in [-0.05, 0) is 12.8 Å². The van der Waals surface area contributed by atoms with Crippen LogP contribution in [0.25, 0.3) is 0 Å². The molecule has 0 bridgehead atoms. The van der Waals surface area contributed by atoms with Gasteiger partial charge in [0.05, 0.1) is 27.7 Å². The van der Waals surface area contributed by atoms with Crippen LogP contribution in [0.15, 0.2) is 0 Å². The van der Waals surface area contributed by atoms with Gasteiger partial charge in [-0.25, -0.2) is 0 Å². The number of unbranched alkanes of at least 4 members (excludes halogenated alkanes) is 13.